The first-order chi connectivity index (χ1) is 15.6. The summed E-state index contributed by atoms with van der Waals surface area (Å²) in [4.78, 5) is 19.3. The predicted molar refractivity (Wildman–Crippen MR) is 127 cm³/mol. The van der Waals surface area contributed by atoms with E-state index in [9.17, 15) is 4.79 Å². The smallest absolute Gasteiger partial charge is 0.306 e. The van der Waals surface area contributed by atoms with Crippen molar-refractivity contribution in [3.63, 3.8) is 0 Å². The highest BCUT2D eigenvalue weighted by Crippen LogP contribution is 2.36. The van der Waals surface area contributed by atoms with Gasteiger partial charge < -0.3 is 18.9 Å². The maximum absolute atomic E-state index is 12.1. The van der Waals surface area contributed by atoms with Gasteiger partial charge in [-0.05, 0) is 47.5 Å². The molecule has 32 heavy (non-hydrogen) atoms. The fourth-order valence-corrected chi connectivity index (χ4v) is 4.21. The van der Waals surface area contributed by atoms with Gasteiger partial charge in [-0.2, -0.15) is 0 Å². The molecular formula is C24H22N2O5S. The largest absolute Gasteiger partial charge is 0.493 e. The van der Waals surface area contributed by atoms with Gasteiger partial charge in [0.1, 0.15) is 0 Å². The van der Waals surface area contributed by atoms with E-state index in [0.717, 1.165) is 32.7 Å². The SMILES string of the molecule is COc1ccc(/C=C/c2cc(-c3ccc(OC)c(OC)c3)c3sc(=O)[nH]c3n2)cc1OC. The van der Waals surface area contributed by atoms with E-state index in [4.69, 9.17) is 18.9 Å². The number of thiazole rings is 1. The summed E-state index contributed by atoms with van der Waals surface area (Å²) < 4.78 is 22.2. The summed E-state index contributed by atoms with van der Waals surface area (Å²) in [7, 11) is 6.39. The Balaban J connectivity index is 1.79. The third kappa shape index (κ3) is 4.17. The average molecular weight is 451 g/mol. The number of nitrogens with one attached hydrogen (secondary N) is 1. The van der Waals surface area contributed by atoms with E-state index in [2.05, 4.69) is 9.97 Å². The van der Waals surface area contributed by atoms with Gasteiger partial charge in [0.2, 0.25) is 0 Å². The van der Waals surface area contributed by atoms with Gasteiger partial charge in [0, 0.05) is 5.56 Å². The van der Waals surface area contributed by atoms with E-state index < -0.39 is 0 Å². The molecule has 0 atom stereocenters. The van der Waals surface area contributed by atoms with Crippen LogP contribution < -0.4 is 23.8 Å². The van der Waals surface area contributed by atoms with Crippen LogP contribution in [0.15, 0.2) is 47.3 Å². The number of aromatic nitrogens is 2. The molecule has 1 N–H and O–H groups in total. The van der Waals surface area contributed by atoms with Crippen LogP contribution in [0.4, 0.5) is 0 Å². The minimum Gasteiger partial charge on any atom is -0.493 e. The molecule has 0 bridgehead atoms. The number of aromatic amines is 1. The lowest BCUT2D eigenvalue weighted by Crippen LogP contribution is -1.93. The molecule has 0 spiro atoms. The minimum atomic E-state index is -0.157. The fourth-order valence-electron chi connectivity index (χ4n) is 3.40. The zero-order valence-corrected chi connectivity index (χ0v) is 18.9. The van der Waals surface area contributed by atoms with E-state index in [0.29, 0.717) is 34.3 Å². The second kappa shape index (κ2) is 9.15. The molecule has 2 heterocycles. The Morgan fingerprint density at radius 2 is 1.47 bits per heavy atom. The maximum atomic E-state index is 12.1. The topological polar surface area (TPSA) is 82.7 Å². The zero-order chi connectivity index (χ0) is 22.7. The summed E-state index contributed by atoms with van der Waals surface area (Å²) in [6, 6.07) is 13.3. The van der Waals surface area contributed by atoms with Crippen molar-refractivity contribution < 1.29 is 18.9 Å². The third-order valence-electron chi connectivity index (χ3n) is 4.96. The normalized spacial score (nSPS) is 11.1. The van der Waals surface area contributed by atoms with Crippen molar-refractivity contribution >= 4 is 33.8 Å². The molecule has 0 unspecified atom stereocenters. The first-order valence-corrected chi connectivity index (χ1v) is 10.5. The van der Waals surface area contributed by atoms with Crippen LogP contribution in [-0.4, -0.2) is 38.4 Å². The Bertz CT molecular complexity index is 1360. The van der Waals surface area contributed by atoms with Crippen molar-refractivity contribution in [3.8, 4) is 34.1 Å². The highest BCUT2D eigenvalue weighted by Gasteiger charge is 2.13. The molecule has 4 aromatic rings. The van der Waals surface area contributed by atoms with Crippen LogP contribution in [0.5, 0.6) is 23.0 Å². The van der Waals surface area contributed by atoms with E-state index in [1.54, 1.807) is 28.4 Å². The summed E-state index contributed by atoms with van der Waals surface area (Å²) in [6.45, 7) is 0. The highest BCUT2D eigenvalue weighted by atomic mass is 32.1. The molecule has 0 aliphatic rings. The Morgan fingerprint density at radius 3 is 2.16 bits per heavy atom. The fraction of sp³-hybridized carbons (Fsp3) is 0.167. The molecule has 0 saturated carbocycles. The summed E-state index contributed by atoms with van der Waals surface area (Å²) >= 11 is 1.13. The molecule has 8 heteroatoms. The number of nitrogens with zero attached hydrogens (tertiary/aromatic N) is 1. The third-order valence-corrected chi connectivity index (χ3v) is 5.86. The number of hydrogen-bond acceptors (Lipinski definition) is 7. The monoisotopic (exact) mass is 450 g/mol. The predicted octanol–water partition coefficient (Wildman–Crippen LogP) is 4.86. The molecule has 0 aliphatic heterocycles. The number of hydrogen-bond donors (Lipinski definition) is 1. The minimum absolute atomic E-state index is 0.157. The Kier molecular flexibility index (Phi) is 6.13. The molecule has 2 aromatic carbocycles. The highest BCUT2D eigenvalue weighted by molar-refractivity contribution is 7.16. The molecule has 0 radical (unpaired) electrons. The molecule has 2 aromatic heterocycles. The summed E-state index contributed by atoms with van der Waals surface area (Å²) in [5.74, 6) is 2.56. The van der Waals surface area contributed by atoms with Crippen molar-refractivity contribution in [2.24, 2.45) is 0 Å². The number of pyridine rings is 1. The molecule has 7 nitrogen and oxygen atoms in total. The van der Waals surface area contributed by atoms with Crippen molar-refractivity contribution in [2.45, 2.75) is 0 Å². The summed E-state index contributed by atoms with van der Waals surface area (Å²) in [6.07, 6.45) is 3.82. The number of rotatable bonds is 7. The Labute approximate surface area is 188 Å². The van der Waals surface area contributed by atoms with E-state index in [-0.39, 0.29) is 4.87 Å². The lowest BCUT2D eigenvalue weighted by molar-refractivity contribution is 0.355. The van der Waals surface area contributed by atoms with Gasteiger partial charge in [-0.1, -0.05) is 29.5 Å². The van der Waals surface area contributed by atoms with Gasteiger partial charge in [-0.25, -0.2) is 4.98 Å². The zero-order valence-electron chi connectivity index (χ0n) is 18.1. The van der Waals surface area contributed by atoms with E-state index >= 15 is 0 Å². The standard InChI is InChI=1S/C24H22N2O5S/c1-28-18-9-6-14(11-20(18)30-3)5-8-16-13-17(22-23(25-16)26-24(27)32-22)15-7-10-19(29-2)21(12-15)31-4/h5-13H,1-4H3,(H,25,26,27)/b8-5+. The maximum Gasteiger partial charge on any atom is 0.306 e. The first-order valence-electron chi connectivity index (χ1n) is 9.72. The van der Waals surface area contributed by atoms with Gasteiger partial charge in [0.05, 0.1) is 38.8 Å². The molecule has 0 aliphatic carbocycles. The lowest BCUT2D eigenvalue weighted by atomic mass is 10.0. The number of H-pyrrole nitrogens is 1. The van der Waals surface area contributed by atoms with Crippen LogP contribution in [0.3, 0.4) is 0 Å². The average Bonchev–Trinajstić information content (AvgIpc) is 3.21. The van der Waals surface area contributed by atoms with Gasteiger partial charge in [-0.15, -0.1) is 0 Å². The second-order valence-electron chi connectivity index (χ2n) is 6.80. The van der Waals surface area contributed by atoms with Crippen LogP contribution >= 0.6 is 11.3 Å². The van der Waals surface area contributed by atoms with Crippen molar-refractivity contribution in [1.82, 2.24) is 9.97 Å². The van der Waals surface area contributed by atoms with Gasteiger partial charge in [0.25, 0.3) is 0 Å². The van der Waals surface area contributed by atoms with Crippen LogP contribution in [0.25, 0.3) is 33.6 Å². The summed E-state index contributed by atoms with van der Waals surface area (Å²) in [5, 5.41) is 0. The Morgan fingerprint density at radius 1 is 0.812 bits per heavy atom. The quantitative estimate of drug-likeness (QED) is 0.433. The number of benzene rings is 2. The second-order valence-corrected chi connectivity index (χ2v) is 7.79. The van der Waals surface area contributed by atoms with Crippen LogP contribution in [-0.2, 0) is 0 Å². The number of methoxy groups -OCH3 is 4. The van der Waals surface area contributed by atoms with Gasteiger partial charge >= 0.3 is 4.87 Å². The van der Waals surface area contributed by atoms with Crippen LogP contribution in [0.2, 0.25) is 0 Å². The molecule has 0 amide bonds. The van der Waals surface area contributed by atoms with Crippen molar-refractivity contribution in [3.05, 3.63) is 63.4 Å². The lowest BCUT2D eigenvalue weighted by Gasteiger charge is -2.11. The number of ether oxygens (including phenoxy) is 4. The van der Waals surface area contributed by atoms with Crippen molar-refractivity contribution in [2.75, 3.05) is 28.4 Å². The molecule has 4 rings (SSSR count). The van der Waals surface area contributed by atoms with Crippen LogP contribution in [0.1, 0.15) is 11.3 Å². The molecule has 0 fully saturated rings. The Hall–Kier alpha value is -3.78. The molecule has 164 valence electrons. The van der Waals surface area contributed by atoms with Gasteiger partial charge in [0.15, 0.2) is 28.6 Å². The van der Waals surface area contributed by atoms with Crippen LogP contribution in [0, 0.1) is 0 Å². The van der Waals surface area contributed by atoms with Gasteiger partial charge in [-0.3, -0.25) is 9.78 Å². The van der Waals surface area contributed by atoms with E-state index in [1.165, 1.54) is 0 Å². The molecular weight excluding hydrogens is 428 g/mol. The van der Waals surface area contributed by atoms with E-state index in [1.807, 2.05) is 54.6 Å². The summed E-state index contributed by atoms with van der Waals surface area (Å²) in [5.41, 5.74) is 3.94. The van der Waals surface area contributed by atoms with Crippen molar-refractivity contribution in [1.29, 1.82) is 0 Å². The number of fused-ring (bicyclic) bond motifs is 1. The first kappa shape index (κ1) is 21.5. The molecule has 0 saturated heterocycles.